The number of nitrogens with two attached hydrogens (primary N) is 1. The Morgan fingerprint density at radius 1 is 0.974 bits per heavy atom. The molecule has 0 aliphatic heterocycles. The summed E-state index contributed by atoms with van der Waals surface area (Å²) in [6.07, 6.45) is 1.49. The molecule has 3 amide bonds. The van der Waals surface area contributed by atoms with Crippen LogP contribution in [0, 0.1) is 5.92 Å². The van der Waals surface area contributed by atoms with E-state index in [4.69, 9.17) is 10.8 Å². The molecule has 13 heteroatoms. The number of nitrogens with one attached hydrogen (secondary N) is 4. The lowest BCUT2D eigenvalue weighted by atomic mass is 9.99. The molecule has 5 atom stereocenters. The molecule has 2 rings (SSSR count). The fraction of sp³-hybridized carbons (Fsp3) is 0.480. The zero-order valence-corrected chi connectivity index (χ0v) is 22.2. The molecule has 2 aromatic rings. The van der Waals surface area contributed by atoms with Crippen LogP contribution in [0.4, 0.5) is 0 Å². The fourth-order valence-corrected chi connectivity index (χ4v) is 4.03. The van der Waals surface area contributed by atoms with Gasteiger partial charge in [-0.15, -0.1) is 0 Å². The van der Waals surface area contributed by atoms with Gasteiger partial charge in [-0.25, -0.2) is 4.79 Å². The van der Waals surface area contributed by atoms with Gasteiger partial charge in [0, 0.05) is 35.7 Å². The van der Waals surface area contributed by atoms with Gasteiger partial charge in [-0.3, -0.25) is 19.2 Å². The molecule has 0 spiro atoms. The molecule has 208 valence electrons. The van der Waals surface area contributed by atoms with Gasteiger partial charge >= 0.3 is 11.9 Å². The van der Waals surface area contributed by atoms with Gasteiger partial charge in [0.2, 0.25) is 17.7 Å². The van der Waals surface area contributed by atoms with Crippen LogP contribution in [0.1, 0.15) is 38.7 Å². The van der Waals surface area contributed by atoms with Crippen LogP contribution in [0.3, 0.4) is 0 Å². The summed E-state index contributed by atoms with van der Waals surface area (Å²) in [6.45, 7) is 3.66. The quantitative estimate of drug-likeness (QED) is 0.146. The molecule has 0 radical (unpaired) electrons. The summed E-state index contributed by atoms with van der Waals surface area (Å²) in [5.41, 5.74) is 7.39. The van der Waals surface area contributed by atoms with Crippen LogP contribution < -0.4 is 21.7 Å². The minimum Gasteiger partial charge on any atom is -0.481 e. The number of thiol groups is 1. The van der Waals surface area contributed by atoms with E-state index in [9.17, 15) is 29.1 Å². The third kappa shape index (κ3) is 8.48. The highest BCUT2D eigenvalue weighted by Crippen LogP contribution is 2.19. The zero-order valence-electron chi connectivity index (χ0n) is 21.3. The first-order valence-electron chi connectivity index (χ1n) is 12.3. The minimum atomic E-state index is -1.37. The van der Waals surface area contributed by atoms with Gasteiger partial charge in [0.25, 0.3) is 0 Å². The topological polar surface area (TPSA) is 204 Å². The second kappa shape index (κ2) is 14.4. The largest absolute Gasteiger partial charge is 0.481 e. The number of benzene rings is 1. The van der Waals surface area contributed by atoms with Crippen LogP contribution in [-0.4, -0.2) is 74.8 Å². The van der Waals surface area contributed by atoms with Crippen LogP contribution in [0.2, 0.25) is 0 Å². The van der Waals surface area contributed by atoms with Crippen molar-refractivity contribution in [3.63, 3.8) is 0 Å². The van der Waals surface area contributed by atoms with Crippen LogP contribution in [0.15, 0.2) is 30.5 Å². The lowest BCUT2D eigenvalue weighted by Crippen LogP contribution is -2.58. The number of carbonyl (C=O) groups excluding carboxylic acids is 3. The van der Waals surface area contributed by atoms with E-state index in [0.29, 0.717) is 12.0 Å². The van der Waals surface area contributed by atoms with E-state index in [1.165, 1.54) is 0 Å². The molecule has 0 bridgehead atoms. The third-order valence-corrected chi connectivity index (χ3v) is 6.73. The molecule has 0 saturated carbocycles. The first kappa shape index (κ1) is 30.6. The maximum absolute atomic E-state index is 13.1. The molecule has 0 aliphatic carbocycles. The summed E-state index contributed by atoms with van der Waals surface area (Å²) in [7, 11) is 0. The lowest BCUT2D eigenvalue weighted by Gasteiger charge is -2.25. The predicted molar refractivity (Wildman–Crippen MR) is 144 cm³/mol. The standard InChI is InChI=1S/C25H35N5O7S/c1-3-13(2)21(26)24(35)30-19(12-38)23(34)28-17(8-9-20(31)32)22(33)29-18(25(36)37)10-14-11-27-16-7-5-4-6-15(14)16/h4-7,11,13,17-19,21,27,38H,3,8-10,12,26H2,1-2H3,(H,28,34)(H,29,33)(H,30,35)(H,31,32)(H,36,37). The van der Waals surface area contributed by atoms with Crippen molar-refractivity contribution in [3.8, 4) is 0 Å². The number of fused-ring (bicyclic) bond motifs is 1. The molecular formula is C25H35N5O7S. The number of hydrogen-bond acceptors (Lipinski definition) is 7. The predicted octanol–water partition coefficient (Wildman–Crippen LogP) is 0.417. The Bertz CT molecular complexity index is 1150. The zero-order chi connectivity index (χ0) is 28.4. The summed E-state index contributed by atoms with van der Waals surface area (Å²) in [5, 5.41) is 27.0. The molecular weight excluding hydrogens is 514 g/mol. The maximum Gasteiger partial charge on any atom is 0.326 e. The van der Waals surface area contributed by atoms with E-state index in [1.807, 2.05) is 25.1 Å². The highest BCUT2D eigenvalue weighted by Gasteiger charge is 2.31. The second-order valence-corrected chi connectivity index (χ2v) is 9.48. The van der Waals surface area contributed by atoms with Crippen molar-refractivity contribution in [2.45, 2.75) is 63.7 Å². The van der Waals surface area contributed by atoms with Crippen molar-refractivity contribution < 1.29 is 34.2 Å². The number of amides is 3. The summed E-state index contributed by atoms with van der Waals surface area (Å²) in [4.78, 5) is 64.5. The first-order valence-corrected chi connectivity index (χ1v) is 12.9. The van der Waals surface area contributed by atoms with Crippen molar-refractivity contribution in [1.82, 2.24) is 20.9 Å². The fourth-order valence-electron chi connectivity index (χ4n) is 3.78. The van der Waals surface area contributed by atoms with E-state index >= 15 is 0 Å². The van der Waals surface area contributed by atoms with Gasteiger partial charge in [-0.05, 0) is 24.0 Å². The average Bonchev–Trinajstić information content (AvgIpc) is 3.30. The lowest BCUT2D eigenvalue weighted by molar-refractivity contribution is -0.143. The van der Waals surface area contributed by atoms with E-state index in [0.717, 1.165) is 10.9 Å². The molecule has 1 aromatic carbocycles. The summed E-state index contributed by atoms with van der Waals surface area (Å²) in [5.74, 6) is -4.97. The molecule has 5 unspecified atom stereocenters. The van der Waals surface area contributed by atoms with Gasteiger partial charge in [-0.1, -0.05) is 38.5 Å². The Morgan fingerprint density at radius 2 is 1.58 bits per heavy atom. The van der Waals surface area contributed by atoms with Crippen molar-refractivity contribution in [3.05, 3.63) is 36.0 Å². The molecule has 38 heavy (non-hydrogen) atoms. The Balaban J connectivity index is 2.15. The number of aromatic amines is 1. The maximum atomic E-state index is 13.1. The smallest absolute Gasteiger partial charge is 0.326 e. The van der Waals surface area contributed by atoms with Crippen LogP contribution in [-0.2, 0) is 30.4 Å². The number of carboxylic acid groups (broad SMARTS) is 2. The van der Waals surface area contributed by atoms with Gasteiger partial charge in [0.15, 0.2) is 0 Å². The SMILES string of the molecule is CCC(C)C(N)C(=O)NC(CS)C(=O)NC(CCC(=O)O)C(=O)NC(Cc1c[nH]c2ccccc12)C(=O)O. The number of para-hydroxylation sites is 1. The van der Waals surface area contributed by atoms with Crippen molar-refractivity contribution >= 4 is 53.2 Å². The monoisotopic (exact) mass is 549 g/mol. The number of hydrogen-bond donors (Lipinski definition) is 8. The average molecular weight is 550 g/mol. The van der Waals surface area contributed by atoms with Gasteiger partial charge in [0.1, 0.15) is 18.1 Å². The molecule has 12 nitrogen and oxygen atoms in total. The van der Waals surface area contributed by atoms with E-state index in [1.54, 1.807) is 19.2 Å². The van der Waals surface area contributed by atoms with Crippen LogP contribution >= 0.6 is 12.6 Å². The second-order valence-electron chi connectivity index (χ2n) is 9.11. The summed E-state index contributed by atoms with van der Waals surface area (Å²) in [6, 6.07) is 2.55. The molecule has 0 fully saturated rings. The normalized spacial score (nSPS) is 15.1. The van der Waals surface area contributed by atoms with E-state index < -0.39 is 60.2 Å². The Labute approximate surface area is 225 Å². The molecule has 1 aromatic heterocycles. The number of aromatic nitrogens is 1. The number of rotatable bonds is 15. The number of aliphatic carboxylic acids is 2. The van der Waals surface area contributed by atoms with Crippen LogP contribution in [0.5, 0.6) is 0 Å². The summed E-state index contributed by atoms with van der Waals surface area (Å²) >= 11 is 4.10. The number of carbonyl (C=O) groups is 5. The third-order valence-electron chi connectivity index (χ3n) is 6.37. The van der Waals surface area contributed by atoms with Gasteiger partial charge < -0.3 is 36.9 Å². The molecule has 8 N–H and O–H groups in total. The minimum absolute atomic E-state index is 0.0481. The highest BCUT2D eigenvalue weighted by molar-refractivity contribution is 7.80. The summed E-state index contributed by atoms with van der Waals surface area (Å²) < 4.78 is 0. The Morgan fingerprint density at radius 3 is 2.18 bits per heavy atom. The molecule has 0 aliphatic rings. The molecule has 0 saturated heterocycles. The van der Waals surface area contributed by atoms with Crippen molar-refractivity contribution in [2.75, 3.05) is 5.75 Å². The van der Waals surface area contributed by atoms with Gasteiger partial charge in [0.05, 0.1) is 6.04 Å². The highest BCUT2D eigenvalue weighted by atomic mass is 32.1. The van der Waals surface area contributed by atoms with Crippen LogP contribution in [0.25, 0.3) is 10.9 Å². The van der Waals surface area contributed by atoms with Crippen molar-refractivity contribution in [1.29, 1.82) is 0 Å². The molecule has 1 heterocycles. The number of carboxylic acids is 2. The van der Waals surface area contributed by atoms with Crippen molar-refractivity contribution in [2.24, 2.45) is 11.7 Å². The Hall–Kier alpha value is -3.58. The van der Waals surface area contributed by atoms with Gasteiger partial charge in [-0.2, -0.15) is 12.6 Å². The number of H-pyrrole nitrogens is 1. The van der Waals surface area contributed by atoms with E-state index in [-0.39, 0.29) is 24.5 Å². The first-order chi connectivity index (χ1) is 18.0. The van der Waals surface area contributed by atoms with E-state index in [2.05, 4.69) is 33.6 Å². The Kier molecular flexibility index (Phi) is 11.6.